The van der Waals surface area contributed by atoms with Gasteiger partial charge < -0.3 is 10.8 Å². The van der Waals surface area contributed by atoms with Gasteiger partial charge in [0.15, 0.2) is 0 Å². The SMILES string of the molecule is Nc1cccc2c1C=C(CO)S2(=O)=O. The summed E-state index contributed by atoms with van der Waals surface area (Å²) in [7, 11) is -3.49. The first-order valence-corrected chi connectivity index (χ1v) is 5.50. The monoisotopic (exact) mass is 211 g/mol. The zero-order valence-electron chi connectivity index (χ0n) is 7.27. The van der Waals surface area contributed by atoms with Crippen LogP contribution in [-0.2, 0) is 9.84 Å². The zero-order chi connectivity index (χ0) is 10.3. The van der Waals surface area contributed by atoms with Gasteiger partial charge in [-0.3, -0.25) is 0 Å². The Labute approximate surface area is 81.6 Å². The van der Waals surface area contributed by atoms with Crippen molar-refractivity contribution < 1.29 is 13.5 Å². The first kappa shape index (κ1) is 9.23. The van der Waals surface area contributed by atoms with Crippen molar-refractivity contribution in [2.45, 2.75) is 4.90 Å². The number of nitrogen functional groups attached to an aromatic ring is 1. The number of fused-ring (bicyclic) bond motifs is 1. The van der Waals surface area contributed by atoms with Crippen molar-refractivity contribution in [3.05, 3.63) is 28.7 Å². The number of aliphatic hydroxyl groups is 1. The van der Waals surface area contributed by atoms with Gasteiger partial charge in [-0.2, -0.15) is 0 Å². The summed E-state index contributed by atoms with van der Waals surface area (Å²) in [6.07, 6.45) is 1.42. The molecule has 0 atom stereocenters. The molecule has 5 heteroatoms. The number of benzene rings is 1. The fraction of sp³-hybridized carbons (Fsp3) is 0.111. The van der Waals surface area contributed by atoms with E-state index < -0.39 is 16.4 Å². The highest BCUT2D eigenvalue weighted by atomic mass is 32.2. The Morgan fingerprint density at radius 2 is 2.07 bits per heavy atom. The Hall–Kier alpha value is -1.33. The van der Waals surface area contributed by atoms with E-state index in [4.69, 9.17) is 10.8 Å². The van der Waals surface area contributed by atoms with Crippen molar-refractivity contribution in [3.8, 4) is 0 Å². The summed E-state index contributed by atoms with van der Waals surface area (Å²) in [5.41, 5.74) is 6.51. The van der Waals surface area contributed by atoms with Crippen LogP contribution in [0.25, 0.3) is 6.08 Å². The van der Waals surface area contributed by atoms with E-state index in [9.17, 15) is 8.42 Å². The Bertz CT molecular complexity index is 517. The van der Waals surface area contributed by atoms with Crippen LogP contribution in [0.4, 0.5) is 5.69 Å². The van der Waals surface area contributed by atoms with E-state index in [2.05, 4.69) is 0 Å². The van der Waals surface area contributed by atoms with Gasteiger partial charge in [-0.05, 0) is 18.2 Å². The molecular weight excluding hydrogens is 202 g/mol. The van der Waals surface area contributed by atoms with Gasteiger partial charge in [-0.15, -0.1) is 0 Å². The number of aliphatic hydroxyl groups excluding tert-OH is 1. The maximum atomic E-state index is 11.7. The van der Waals surface area contributed by atoms with Gasteiger partial charge in [0.05, 0.1) is 16.4 Å². The minimum atomic E-state index is -3.49. The predicted molar refractivity (Wildman–Crippen MR) is 53.1 cm³/mol. The molecule has 0 saturated heterocycles. The summed E-state index contributed by atoms with van der Waals surface area (Å²) < 4.78 is 23.4. The number of hydrogen-bond acceptors (Lipinski definition) is 4. The molecule has 1 aliphatic rings. The highest BCUT2D eigenvalue weighted by Crippen LogP contribution is 2.35. The van der Waals surface area contributed by atoms with Crippen LogP contribution in [0.5, 0.6) is 0 Å². The third-order valence-corrected chi connectivity index (χ3v) is 4.07. The van der Waals surface area contributed by atoms with Crippen LogP contribution in [0.3, 0.4) is 0 Å². The molecule has 2 rings (SSSR count). The third kappa shape index (κ3) is 1.06. The topological polar surface area (TPSA) is 80.4 Å². The van der Waals surface area contributed by atoms with Gasteiger partial charge in [-0.25, -0.2) is 8.42 Å². The van der Waals surface area contributed by atoms with Crippen molar-refractivity contribution in [2.75, 3.05) is 12.3 Å². The Kier molecular flexibility index (Phi) is 1.87. The smallest absolute Gasteiger partial charge is 0.205 e. The van der Waals surface area contributed by atoms with E-state index in [1.807, 2.05) is 0 Å². The standard InChI is InChI=1S/C9H9NO3S/c10-8-2-1-3-9-7(8)4-6(5-11)14(9,12)13/h1-4,11H,5,10H2. The molecule has 1 aliphatic heterocycles. The molecule has 74 valence electrons. The number of sulfone groups is 1. The molecule has 0 spiro atoms. The summed E-state index contributed by atoms with van der Waals surface area (Å²) in [6.45, 7) is -0.490. The van der Waals surface area contributed by atoms with Gasteiger partial charge in [-0.1, -0.05) is 6.07 Å². The molecule has 0 amide bonds. The highest BCUT2D eigenvalue weighted by molar-refractivity contribution is 7.95. The molecule has 0 saturated carbocycles. The van der Waals surface area contributed by atoms with E-state index in [0.29, 0.717) is 11.3 Å². The number of anilines is 1. The van der Waals surface area contributed by atoms with Gasteiger partial charge in [0, 0.05) is 11.3 Å². The molecule has 1 heterocycles. The first-order chi connectivity index (χ1) is 6.57. The van der Waals surface area contributed by atoms with Gasteiger partial charge in [0.25, 0.3) is 0 Å². The van der Waals surface area contributed by atoms with E-state index in [0.717, 1.165) is 0 Å². The zero-order valence-corrected chi connectivity index (χ0v) is 8.08. The van der Waals surface area contributed by atoms with Crippen LogP contribution in [0.15, 0.2) is 28.0 Å². The third-order valence-electron chi connectivity index (χ3n) is 2.20. The Morgan fingerprint density at radius 1 is 1.36 bits per heavy atom. The van der Waals surface area contributed by atoms with Gasteiger partial charge in [0.1, 0.15) is 0 Å². The van der Waals surface area contributed by atoms with E-state index in [-0.39, 0.29) is 9.80 Å². The van der Waals surface area contributed by atoms with Crippen LogP contribution < -0.4 is 5.73 Å². The average Bonchev–Trinajstić information content (AvgIpc) is 2.40. The van der Waals surface area contributed by atoms with Gasteiger partial charge in [0.2, 0.25) is 9.84 Å². The molecule has 0 bridgehead atoms. The van der Waals surface area contributed by atoms with Crippen LogP contribution in [-0.4, -0.2) is 20.1 Å². The Balaban J connectivity index is 2.78. The lowest BCUT2D eigenvalue weighted by atomic mass is 10.2. The van der Waals surface area contributed by atoms with Crippen LogP contribution in [0.1, 0.15) is 5.56 Å². The second-order valence-electron chi connectivity index (χ2n) is 3.03. The lowest BCUT2D eigenvalue weighted by Gasteiger charge is -2.01. The largest absolute Gasteiger partial charge is 0.398 e. The summed E-state index contributed by atoms with van der Waals surface area (Å²) in [5.74, 6) is 0. The van der Waals surface area contributed by atoms with Gasteiger partial charge >= 0.3 is 0 Å². The minimum absolute atomic E-state index is 0.00500. The molecule has 14 heavy (non-hydrogen) atoms. The number of rotatable bonds is 1. The van der Waals surface area contributed by atoms with Crippen molar-refractivity contribution in [1.82, 2.24) is 0 Å². The van der Waals surface area contributed by atoms with Crippen LogP contribution >= 0.6 is 0 Å². The number of nitrogens with two attached hydrogens (primary N) is 1. The average molecular weight is 211 g/mol. The Morgan fingerprint density at radius 3 is 2.64 bits per heavy atom. The molecule has 0 aromatic heterocycles. The molecule has 3 N–H and O–H groups in total. The van der Waals surface area contributed by atoms with Crippen LogP contribution in [0.2, 0.25) is 0 Å². The van der Waals surface area contributed by atoms with Crippen molar-refractivity contribution in [2.24, 2.45) is 0 Å². The summed E-state index contributed by atoms with van der Waals surface area (Å²) >= 11 is 0. The summed E-state index contributed by atoms with van der Waals surface area (Å²) in [5, 5.41) is 8.88. The van der Waals surface area contributed by atoms with E-state index in [1.165, 1.54) is 12.1 Å². The van der Waals surface area contributed by atoms with E-state index >= 15 is 0 Å². The van der Waals surface area contributed by atoms with Crippen molar-refractivity contribution in [1.29, 1.82) is 0 Å². The maximum Gasteiger partial charge on any atom is 0.205 e. The van der Waals surface area contributed by atoms with Crippen molar-refractivity contribution in [3.63, 3.8) is 0 Å². The second-order valence-corrected chi connectivity index (χ2v) is 5.00. The van der Waals surface area contributed by atoms with Crippen molar-refractivity contribution >= 4 is 21.6 Å². The quantitative estimate of drug-likeness (QED) is 0.658. The second kappa shape index (κ2) is 2.83. The lowest BCUT2D eigenvalue weighted by molar-refractivity contribution is 0.339. The molecule has 1 aromatic carbocycles. The van der Waals surface area contributed by atoms with E-state index in [1.54, 1.807) is 12.1 Å². The summed E-state index contributed by atoms with van der Waals surface area (Å²) in [6, 6.07) is 4.70. The molecule has 4 nitrogen and oxygen atoms in total. The predicted octanol–water partition coefficient (Wildman–Crippen LogP) is 0.389. The fourth-order valence-electron chi connectivity index (χ4n) is 1.46. The minimum Gasteiger partial charge on any atom is -0.398 e. The highest BCUT2D eigenvalue weighted by Gasteiger charge is 2.29. The summed E-state index contributed by atoms with van der Waals surface area (Å²) in [4.78, 5) is 0.187. The lowest BCUT2D eigenvalue weighted by Crippen LogP contribution is -2.03. The molecule has 1 aromatic rings. The normalized spacial score (nSPS) is 17.6. The maximum absolute atomic E-state index is 11.7. The molecular formula is C9H9NO3S. The first-order valence-electron chi connectivity index (χ1n) is 4.02. The van der Waals surface area contributed by atoms with Crippen LogP contribution in [0, 0.1) is 0 Å². The molecule has 0 radical (unpaired) electrons. The fourth-order valence-corrected chi connectivity index (χ4v) is 2.91. The molecule has 0 aliphatic carbocycles. The number of hydrogen-bond donors (Lipinski definition) is 2. The molecule has 0 fully saturated rings. The molecule has 0 unspecified atom stereocenters.